The Bertz CT molecular complexity index is 1940. The van der Waals surface area contributed by atoms with Gasteiger partial charge in [0.1, 0.15) is 6.29 Å². The van der Waals surface area contributed by atoms with E-state index in [4.69, 9.17) is 27.8 Å². The molecule has 7 rings (SSSR count). The second kappa shape index (κ2) is 17.2. The zero-order valence-electron chi connectivity index (χ0n) is 36.2. The van der Waals surface area contributed by atoms with Crippen molar-refractivity contribution < 1.29 is 32.6 Å². The molecule has 0 aromatic heterocycles. The quantitative estimate of drug-likeness (QED) is 0.0983. The van der Waals surface area contributed by atoms with Crippen LogP contribution in [-0.2, 0) is 39.2 Å². The molecule has 312 valence electrons. The van der Waals surface area contributed by atoms with E-state index in [0.717, 1.165) is 18.3 Å². The summed E-state index contributed by atoms with van der Waals surface area (Å²) in [6.07, 6.45) is 2.54. The van der Waals surface area contributed by atoms with Crippen LogP contribution in [0.2, 0.25) is 23.2 Å². The van der Waals surface area contributed by atoms with Gasteiger partial charge in [-0.25, -0.2) is 0 Å². The highest BCUT2D eigenvalue weighted by Gasteiger charge is 2.56. The zero-order valence-corrected chi connectivity index (χ0v) is 38.2. The maximum atomic E-state index is 11.9. The average Bonchev–Trinajstić information content (AvgIpc) is 3.18. The second-order valence-corrected chi connectivity index (χ2v) is 28.7. The summed E-state index contributed by atoms with van der Waals surface area (Å²) in [4.78, 5) is 11.9. The van der Waals surface area contributed by atoms with Gasteiger partial charge in [0.25, 0.3) is 8.32 Å². The van der Waals surface area contributed by atoms with Crippen molar-refractivity contribution in [1.29, 1.82) is 0 Å². The molecule has 4 aromatic rings. The summed E-state index contributed by atoms with van der Waals surface area (Å²) < 4.78 is 42.4. The Morgan fingerprint density at radius 1 is 0.724 bits per heavy atom. The minimum atomic E-state index is -2.76. The van der Waals surface area contributed by atoms with E-state index < -0.39 is 22.2 Å². The van der Waals surface area contributed by atoms with E-state index >= 15 is 0 Å². The molecule has 0 spiro atoms. The first kappa shape index (κ1) is 43.1. The monoisotopic (exact) mass is 822 g/mol. The van der Waals surface area contributed by atoms with Crippen LogP contribution in [0.3, 0.4) is 0 Å². The fourth-order valence-electron chi connectivity index (χ4n) is 9.29. The molecule has 0 bridgehead atoms. The number of fused-ring (bicyclic) bond motifs is 3. The summed E-state index contributed by atoms with van der Waals surface area (Å²) in [5, 5.41) is 4.81. The topological polar surface area (TPSA) is 72.5 Å². The van der Waals surface area contributed by atoms with Gasteiger partial charge in [-0.05, 0) is 62.9 Å². The predicted octanol–water partition coefficient (Wildman–Crippen LogP) is 9.53. The van der Waals surface area contributed by atoms with Crippen molar-refractivity contribution in [2.24, 2.45) is 0 Å². The lowest BCUT2D eigenvalue weighted by atomic mass is 9.81. The van der Waals surface area contributed by atoms with Gasteiger partial charge < -0.3 is 32.6 Å². The molecule has 9 heteroatoms. The third-order valence-electron chi connectivity index (χ3n) is 13.6. The normalized spacial score (nSPS) is 28.1. The van der Waals surface area contributed by atoms with E-state index in [1.54, 1.807) is 0 Å². The summed E-state index contributed by atoms with van der Waals surface area (Å²) in [6.45, 7) is 21.7. The van der Waals surface area contributed by atoms with Gasteiger partial charge >= 0.3 is 0 Å². The van der Waals surface area contributed by atoms with Crippen LogP contribution >= 0.6 is 0 Å². The smallest absolute Gasteiger partial charge is 0.261 e. The number of ether oxygens (including phenoxy) is 4. The molecule has 3 aliphatic heterocycles. The van der Waals surface area contributed by atoms with Crippen LogP contribution in [-0.4, -0.2) is 77.9 Å². The fraction of sp³-hybridized carbons (Fsp3) is 0.531. The van der Waals surface area contributed by atoms with Crippen LogP contribution in [0, 0.1) is 0 Å². The molecule has 4 aromatic carbocycles. The van der Waals surface area contributed by atoms with Crippen molar-refractivity contribution in [2.75, 3.05) is 6.61 Å². The number of aldehydes is 1. The van der Waals surface area contributed by atoms with E-state index in [1.807, 2.05) is 0 Å². The molecule has 0 aliphatic carbocycles. The van der Waals surface area contributed by atoms with E-state index in [1.165, 1.54) is 21.1 Å². The molecule has 0 radical (unpaired) electrons. The SMILES string of the molecule is CC(C)(C)[Si](C)(C)O[C@H]1C[C@H]2O[C@H]3C[C@@H](OCc4ccc5ccccc5c4)[C@H](CC=O)O[C@@H]3C[C@@H]2O[C@]1(C)CCO[Si](c1ccccc1)(c1ccccc1)C(C)(C)C. The molecule has 58 heavy (non-hydrogen) atoms. The number of hydrogen-bond donors (Lipinski definition) is 0. The summed E-state index contributed by atoms with van der Waals surface area (Å²) in [5.41, 5.74) is 0.473. The highest BCUT2D eigenvalue weighted by Crippen LogP contribution is 2.47. The van der Waals surface area contributed by atoms with Crippen LogP contribution in [0.25, 0.3) is 10.8 Å². The number of carbonyl (C=O) groups excluding carboxylic acids is 1. The van der Waals surface area contributed by atoms with E-state index in [-0.39, 0.29) is 59.2 Å². The Morgan fingerprint density at radius 2 is 1.33 bits per heavy atom. The molecule has 0 amide bonds. The van der Waals surface area contributed by atoms with Crippen molar-refractivity contribution >= 4 is 44.1 Å². The van der Waals surface area contributed by atoms with Crippen LogP contribution < -0.4 is 10.4 Å². The molecule has 0 N–H and O–H groups in total. The van der Waals surface area contributed by atoms with Crippen LogP contribution in [0.4, 0.5) is 0 Å². The zero-order chi connectivity index (χ0) is 41.3. The third-order valence-corrected chi connectivity index (χ3v) is 23.1. The molecule has 0 unspecified atom stereocenters. The van der Waals surface area contributed by atoms with Crippen molar-refractivity contribution in [3.63, 3.8) is 0 Å². The number of benzene rings is 4. The highest BCUT2D eigenvalue weighted by molar-refractivity contribution is 6.99. The van der Waals surface area contributed by atoms with Gasteiger partial charge in [-0.1, -0.05) is 139 Å². The molecule has 0 saturated carbocycles. The summed E-state index contributed by atoms with van der Waals surface area (Å²) in [6, 6.07) is 36.4. The molecule has 3 fully saturated rings. The van der Waals surface area contributed by atoms with Crippen molar-refractivity contribution in [1.82, 2.24) is 0 Å². The first-order valence-corrected chi connectivity index (χ1v) is 26.3. The fourth-order valence-corrected chi connectivity index (χ4v) is 15.3. The Labute approximate surface area is 349 Å². The summed E-state index contributed by atoms with van der Waals surface area (Å²) >= 11 is 0. The molecular formula is C49H66O7Si2. The van der Waals surface area contributed by atoms with Crippen LogP contribution in [0.5, 0.6) is 0 Å². The second-order valence-electron chi connectivity index (χ2n) is 19.7. The maximum absolute atomic E-state index is 11.9. The van der Waals surface area contributed by atoms with Gasteiger partial charge in [0.2, 0.25) is 0 Å². The minimum Gasteiger partial charge on any atom is -0.411 e. The Balaban J connectivity index is 1.11. The lowest BCUT2D eigenvalue weighted by Gasteiger charge is -2.56. The molecule has 3 aliphatic rings. The lowest BCUT2D eigenvalue weighted by molar-refractivity contribution is -0.301. The van der Waals surface area contributed by atoms with Gasteiger partial charge in [-0.3, -0.25) is 0 Å². The molecule has 3 saturated heterocycles. The number of hydrogen-bond acceptors (Lipinski definition) is 7. The molecule has 8 atom stereocenters. The van der Waals surface area contributed by atoms with Gasteiger partial charge in [0.15, 0.2) is 8.32 Å². The van der Waals surface area contributed by atoms with E-state index in [0.29, 0.717) is 32.5 Å². The first-order valence-electron chi connectivity index (χ1n) is 21.5. The Morgan fingerprint density at radius 3 is 1.95 bits per heavy atom. The third kappa shape index (κ3) is 8.89. The lowest BCUT2D eigenvalue weighted by Crippen LogP contribution is -2.67. The predicted molar refractivity (Wildman–Crippen MR) is 238 cm³/mol. The summed E-state index contributed by atoms with van der Waals surface area (Å²) in [5.74, 6) is 0. The molecular weight excluding hydrogens is 757 g/mol. The van der Waals surface area contributed by atoms with E-state index in [2.05, 4.69) is 165 Å². The van der Waals surface area contributed by atoms with Crippen molar-refractivity contribution in [2.45, 2.75) is 159 Å². The van der Waals surface area contributed by atoms with Gasteiger partial charge in [-0.15, -0.1) is 0 Å². The largest absolute Gasteiger partial charge is 0.411 e. The van der Waals surface area contributed by atoms with Gasteiger partial charge in [0, 0.05) is 38.7 Å². The number of carbonyl (C=O) groups is 1. The van der Waals surface area contributed by atoms with E-state index in [9.17, 15) is 4.79 Å². The first-order chi connectivity index (χ1) is 27.5. The average molecular weight is 823 g/mol. The highest BCUT2D eigenvalue weighted by atomic mass is 28.4. The minimum absolute atomic E-state index is 0.0229. The maximum Gasteiger partial charge on any atom is 0.261 e. The van der Waals surface area contributed by atoms with Crippen molar-refractivity contribution in [3.05, 3.63) is 109 Å². The standard InChI is InChI=1S/C49H66O7Si2/c1-47(2,3)57(8,9)56-46-33-44-45(55-49(46,7)27-29-52-58(48(4,5)6,38-20-12-10-13-21-38)39-22-14-11-15-23-39)32-43-42(54-44)31-41(40(53-43)26-28-50)51-34-35-24-25-36-18-16-17-19-37(36)30-35/h10-25,28,30,40-46H,26-27,29,31-34H2,1-9H3/t40-,41+,42-,43+,44+,45-,46-,49+/m0/s1. The summed E-state index contributed by atoms with van der Waals surface area (Å²) in [7, 11) is -4.98. The molecule has 7 nitrogen and oxygen atoms in total. The van der Waals surface area contributed by atoms with Gasteiger partial charge in [0.05, 0.1) is 54.9 Å². The molecule has 3 heterocycles. The van der Waals surface area contributed by atoms with Crippen LogP contribution in [0.15, 0.2) is 103 Å². The van der Waals surface area contributed by atoms with Crippen molar-refractivity contribution in [3.8, 4) is 0 Å². The Kier molecular flexibility index (Phi) is 12.8. The van der Waals surface area contributed by atoms with Crippen LogP contribution in [0.1, 0.15) is 86.1 Å². The number of rotatable bonds is 13. The Hall–Kier alpha value is -3.00. The van der Waals surface area contributed by atoms with Gasteiger partial charge in [-0.2, -0.15) is 0 Å².